The highest BCUT2D eigenvalue weighted by molar-refractivity contribution is 5.92. The lowest BCUT2D eigenvalue weighted by atomic mass is 10.2. The zero-order valence-corrected chi connectivity index (χ0v) is 14.0. The first-order valence-corrected chi connectivity index (χ1v) is 8.55. The quantitative estimate of drug-likeness (QED) is 0.806. The van der Waals surface area contributed by atoms with Crippen molar-refractivity contribution in [2.75, 3.05) is 6.54 Å². The van der Waals surface area contributed by atoms with Crippen molar-refractivity contribution in [3.8, 4) is 0 Å². The molecule has 0 aromatic carbocycles. The van der Waals surface area contributed by atoms with Gasteiger partial charge in [-0.25, -0.2) is 4.68 Å². The van der Waals surface area contributed by atoms with Gasteiger partial charge in [0.1, 0.15) is 5.69 Å². The summed E-state index contributed by atoms with van der Waals surface area (Å²) in [6, 6.07) is 4.98. The van der Waals surface area contributed by atoms with Crippen LogP contribution in [0.25, 0.3) is 0 Å². The molecule has 7 heteroatoms. The van der Waals surface area contributed by atoms with E-state index in [0.29, 0.717) is 18.8 Å². The van der Waals surface area contributed by atoms with Crippen LogP contribution in [0.2, 0.25) is 0 Å². The van der Waals surface area contributed by atoms with E-state index in [1.54, 1.807) is 6.20 Å². The number of carbonyl (C=O) groups is 1. The maximum atomic E-state index is 12.8. The van der Waals surface area contributed by atoms with Gasteiger partial charge in [-0.1, -0.05) is 13.3 Å². The molecule has 1 fully saturated rings. The summed E-state index contributed by atoms with van der Waals surface area (Å²) in [6.45, 7) is 4.02. The van der Waals surface area contributed by atoms with Crippen LogP contribution >= 0.6 is 0 Å². The zero-order valence-electron chi connectivity index (χ0n) is 14.0. The number of amides is 1. The van der Waals surface area contributed by atoms with Gasteiger partial charge in [-0.05, 0) is 31.4 Å². The van der Waals surface area contributed by atoms with Gasteiger partial charge < -0.3 is 4.90 Å². The SMILES string of the molecule is CCCCn1nc(C(=O)N2CCC[C@@H]2Cn2cccn2)ccc1=O. The molecule has 2 aromatic heterocycles. The first kappa shape index (κ1) is 16.4. The number of likely N-dealkylation sites (tertiary alicyclic amines) is 1. The van der Waals surface area contributed by atoms with E-state index < -0.39 is 0 Å². The number of aromatic nitrogens is 4. The number of unbranched alkanes of at least 4 members (excludes halogenated alkanes) is 1. The predicted octanol–water partition coefficient (Wildman–Crippen LogP) is 1.54. The number of carbonyl (C=O) groups excluding carboxylic acids is 1. The van der Waals surface area contributed by atoms with Gasteiger partial charge in [0.25, 0.3) is 11.5 Å². The van der Waals surface area contributed by atoms with Crippen molar-refractivity contribution < 1.29 is 4.79 Å². The smallest absolute Gasteiger partial charge is 0.274 e. The minimum atomic E-state index is -0.158. The van der Waals surface area contributed by atoms with Crippen LogP contribution < -0.4 is 5.56 Å². The van der Waals surface area contributed by atoms with Gasteiger partial charge in [0, 0.05) is 31.5 Å². The lowest BCUT2D eigenvalue weighted by Gasteiger charge is -2.24. The molecule has 0 spiro atoms. The van der Waals surface area contributed by atoms with E-state index in [2.05, 4.69) is 17.1 Å². The van der Waals surface area contributed by atoms with Crippen LogP contribution in [0.3, 0.4) is 0 Å². The van der Waals surface area contributed by atoms with Gasteiger partial charge in [0.05, 0.1) is 12.6 Å². The van der Waals surface area contributed by atoms with Crippen LogP contribution in [0.5, 0.6) is 0 Å². The first-order chi connectivity index (χ1) is 11.7. The average Bonchev–Trinajstić information content (AvgIpc) is 3.26. The van der Waals surface area contributed by atoms with Gasteiger partial charge in [-0.15, -0.1) is 0 Å². The van der Waals surface area contributed by atoms with Gasteiger partial charge >= 0.3 is 0 Å². The lowest BCUT2D eigenvalue weighted by molar-refractivity contribution is 0.0712. The molecule has 0 aliphatic carbocycles. The maximum absolute atomic E-state index is 12.8. The maximum Gasteiger partial charge on any atom is 0.274 e. The Labute approximate surface area is 140 Å². The molecule has 1 atom stereocenters. The Morgan fingerprint density at radius 1 is 1.38 bits per heavy atom. The topological polar surface area (TPSA) is 73.0 Å². The average molecular weight is 329 g/mol. The molecule has 1 amide bonds. The Morgan fingerprint density at radius 2 is 2.25 bits per heavy atom. The molecule has 0 N–H and O–H groups in total. The third-order valence-electron chi connectivity index (χ3n) is 4.40. The molecule has 2 aromatic rings. The monoisotopic (exact) mass is 329 g/mol. The number of nitrogens with zero attached hydrogens (tertiary/aromatic N) is 5. The number of aryl methyl sites for hydroxylation is 1. The highest BCUT2D eigenvalue weighted by Gasteiger charge is 2.30. The molecule has 0 radical (unpaired) electrons. The number of rotatable bonds is 6. The zero-order chi connectivity index (χ0) is 16.9. The molecule has 0 saturated carbocycles. The molecule has 1 aliphatic heterocycles. The fourth-order valence-corrected chi connectivity index (χ4v) is 3.10. The molecular weight excluding hydrogens is 306 g/mol. The largest absolute Gasteiger partial charge is 0.332 e. The van der Waals surface area contributed by atoms with Crippen LogP contribution in [0.1, 0.15) is 43.1 Å². The van der Waals surface area contributed by atoms with Gasteiger partial charge in [-0.3, -0.25) is 14.3 Å². The second-order valence-corrected chi connectivity index (χ2v) is 6.16. The van der Waals surface area contributed by atoms with E-state index in [1.807, 2.05) is 21.8 Å². The summed E-state index contributed by atoms with van der Waals surface area (Å²) in [7, 11) is 0. The lowest BCUT2D eigenvalue weighted by Crippen LogP contribution is -2.39. The van der Waals surface area contributed by atoms with Gasteiger partial charge in [0.15, 0.2) is 0 Å². The van der Waals surface area contributed by atoms with Crippen LogP contribution in [-0.2, 0) is 13.1 Å². The summed E-state index contributed by atoms with van der Waals surface area (Å²) in [5.74, 6) is -0.102. The molecular formula is C17H23N5O2. The summed E-state index contributed by atoms with van der Waals surface area (Å²) >= 11 is 0. The Balaban J connectivity index is 1.76. The molecule has 0 unspecified atom stereocenters. The molecule has 0 bridgehead atoms. The minimum absolute atomic E-state index is 0.102. The highest BCUT2D eigenvalue weighted by atomic mass is 16.2. The van der Waals surface area contributed by atoms with E-state index in [-0.39, 0.29) is 17.5 Å². The number of hydrogen-bond donors (Lipinski definition) is 0. The molecule has 24 heavy (non-hydrogen) atoms. The van der Waals surface area contributed by atoms with Crippen LogP contribution in [0, 0.1) is 0 Å². The molecule has 3 rings (SSSR count). The third-order valence-corrected chi connectivity index (χ3v) is 4.40. The molecule has 128 valence electrons. The predicted molar refractivity (Wildman–Crippen MR) is 89.7 cm³/mol. The van der Waals surface area contributed by atoms with Crippen molar-refractivity contribution in [2.24, 2.45) is 0 Å². The molecule has 7 nitrogen and oxygen atoms in total. The summed E-state index contributed by atoms with van der Waals surface area (Å²) in [5.41, 5.74) is 0.188. The second-order valence-electron chi connectivity index (χ2n) is 6.16. The Morgan fingerprint density at radius 3 is 3.00 bits per heavy atom. The Kier molecular flexibility index (Phi) is 5.08. The van der Waals surface area contributed by atoms with E-state index >= 15 is 0 Å². The second kappa shape index (κ2) is 7.42. The van der Waals surface area contributed by atoms with Crippen LogP contribution in [-0.4, -0.2) is 43.0 Å². The summed E-state index contributed by atoms with van der Waals surface area (Å²) in [6.07, 6.45) is 7.44. The summed E-state index contributed by atoms with van der Waals surface area (Å²) in [5, 5.41) is 8.50. The summed E-state index contributed by atoms with van der Waals surface area (Å²) < 4.78 is 3.25. The normalized spacial score (nSPS) is 17.4. The fourth-order valence-electron chi connectivity index (χ4n) is 3.10. The third kappa shape index (κ3) is 3.55. The van der Waals surface area contributed by atoms with Crippen molar-refractivity contribution in [1.29, 1.82) is 0 Å². The minimum Gasteiger partial charge on any atom is -0.332 e. The van der Waals surface area contributed by atoms with Gasteiger partial charge in [0.2, 0.25) is 0 Å². The molecule has 1 saturated heterocycles. The van der Waals surface area contributed by atoms with Crippen molar-refractivity contribution in [1.82, 2.24) is 24.5 Å². The Hall–Kier alpha value is -2.44. The highest BCUT2D eigenvalue weighted by Crippen LogP contribution is 2.20. The van der Waals surface area contributed by atoms with Crippen molar-refractivity contribution in [3.63, 3.8) is 0 Å². The van der Waals surface area contributed by atoms with E-state index in [0.717, 1.165) is 32.2 Å². The number of hydrogen-bond acceptors (Lipinski definition) is 4. The van der Waals surface area contributed by atoms with Crippen molar-refractivity contribution in [3.05, 3.63) is 46.6 Å². The van der Waals surface area contributed by atoms with Crippen molar-refractivity contribution >= 4 is 5.91 Å². The van der Waals surface area contributed by atoms with E-state index in [1.165, 1.54) is 16.8 Å². The fraction of sp³-hybridized carbons (Fsp3) is 0.529. The van der Waals surface area contributed by atoms with Crippen LogP contribution in [0.15, 0.2) is 35.4 Å². The summed E-state index contributed by atoms with van der Waals surface area (Å²) in [4.78, 5) is 26.6. The molecule has 3 heterocycles. The van der Waals surface area contributed by atoms with Gasteiger partial charge in [-0.2, -0.15) is 10.2 Å². The van der Waals surface area contributed by atoms with E-state index in [4.69, 9.17) is 0 Å². The van der Waals surface area contributed by atoms with Crippen molar-refractivity contribution in [2.45, 2.75) is 51.7 Å². The van der Waals surface area contributed by atoms with E-state index in [9.17, 15) is 9.59 Å². The molecule has 1 aliphatic rings. The first-order valence-electron chi connectivity index (χ1n) is 8.55. The van der Waals surface area contributed by atoms with Crippen LogP contribution in [0.4, 0.5) is 0 Å². The standard InChI is InChI=1S/C17H23N5O2/c1-2-3-12-22-16(23)8-7-15(19-22)17(24)21-11-4-6-14(21)13-20-10-5-9-18-20/h5,7-10,14H,2-4,6,11-13H2,1H3/t14-/m1/s1. The Bertz CT molecular complexity index is 738.